The number of ether oxygens (including phenoxy) is 4. The van der Waals surface area contributed by atoms with E-state index in [1.165, 1.54) is 24.3 Å². The van der Waals surface area contributed by atoms with Crippen LogP contribution in [-0.4, -0.2) is 46.3 Å². The zero-order valence-corrected chi connectivity index (χ0v) is 23.8. The molecule has 0 heterocycles. The van der Waals surface area contributed by atoms with Crippen molar-refractivity contribution >= 4 is 35.5 Å². The number of hydrogen-bond acceptors (Lipinski definition) is 10. The lowest BCUT2D eigenvalue weighted by atomic mass is 10.1. The molecule has 2 amide bonds. The Morgan fingerprint density at radius 1 is 0.878 bits per heavy atom. The summed E-state index contributed by atoms with van der Waals surface area (Å²) in [5, 5.41) is 15.9. The third kappa shape index (κ3) is 12.8. The van der Waals surface area contributed by atoms with Gasteiger partial charge >= 0.3 is 18.2 Å². The normalized spacial score (nSPS) is 12.0. The van der Waals surface area contributed by atoms with Crippen molar-refractivity contribution in [2.24, 2.45) is 0 Å². The molecule has 2 aromatic rings. The number of nitro groups is 1. The molecule has 0 bridgehead atoms. The van der Waals surface area contributed by atoms with Gasteiger partial charge in [-0.25, -0.2) is 14.4 Å². The number of hydrogen-bond donors (Lipinski definition) is 2. The summed E-state index contributed by atoms with van der Waals surface area (Å²) in [5.41, 5.74) is -0.639. The molecule has 2 aromatic carbocycles. The van der Waals surface area contributed by atoms with Crippen molar-refractivity contribution < 1.29 is 43.0 Å². The number of nitrogens with one attached hydrogen (secondary N) is 2. The van der Waals surface area contributed by atoms with Crippen molar-refractivity contribution in [1.29, 1.82) is 0 Å². The van der Waals surface area contributed by atoms with E-state index in [-0.39, 0.29) is 30.9 Å². The van der Waals surface area contributed by atoms with Crippen LogP contribution in [0, 0.1) is 10.1 Å². The zero-order chi connectivity index (χ0) is 30.8. The molecule has 0 aromatic heterocycles. The van der Waals surface area contributed by atoms with Gasteiger partial charge in [0.25, 0.3) is 5.69 Å². The van der Waals surface area contributed by atoms with Crippen LogP contribution < -0.4 is 15.4 Å². The lowest BCUT2D eigenvalue weighted by Crippen LogP contribution is -2.46. The highest BCUT2D eigenvalue weighted by Crippen LogP contribution is 2.19. The lowest BCUT2D eigenvalue weighted by Gasteiger charge is -2.26. The molecule has 1 unspecified atom stereocenters. The molecule has 2 rings (SSSR count). The average Bonchev–Trinajstić information content (AvgIpc) is 2.84. The van der Waals surface area contributed by atoms with Gasteiger partial charge in [-0.05, 0) is 77.8 Å². The Labute approximate surface area is 237 Å². The van der Waals surface area contributed by atoms with Crippen LogP contribution >= 0.6 is 0 Å². The second-order valence-corrected chi connectivity index (χ2v) is 10.9. The Morgan fingerprint density at radius 3 is 2.00 bits per heavy atom. The number of nitrogens with zero attached hydrogens (tertiary/aromatic N) is 1. The van der Waals surface area contributed by atoms with Crippen molar-refractivity contribution in [3.05, 3.63) is 64.2 Å². The minimum atomic E-state index is -1.10. The molecule has 0 saturated carbocycles. The summed E-state index contributed by atoms with van der Waals surface area (Å²) in [6.07, 6.45) is -1.92. The molecule has 0 spiro atoms. The molecular formula is C28H35N3O10. The zero-order valence-electron chi connectivity index (χ0n) is 23.8. The van der Waals surface area contributed by atoms with E-state index >= 15 is 0 Å². The highest BCUT2D eigenvalue weighted by molar-refractivity contribution is 5.91. The van der Waals surface area contributed by atoms with Crippen LogP contribution in [0.5, 0.6) is 5.75 Å². The maximum Gasteiger partial charge on any atom is 0.514 e. The number of rotatable bonds is 10. The summed E-state index contributed by atoms with van der Waals surface area (Å²) >= 11 is 0. The van der Waals surface area contributed by atoms with Crippen LogP contribution in [0.15, 0.2) is 48.5 Å². The standard InChI is InChI=1S/C28H35N3O10/c1-27(2,3)40-24(33)22(30-25(34)41-28(4,5)6)15-16-23(32)29-19-9-7-18(8-10-19)17-38-26(35)39-21-13-11-20(12-14-21)31(36)37/h7-14,22H,15-17H2,1-6H3,(H,29,32)(H,30,34). The van der Waals surface area contributed by atoms with Crippen molar-refractivity contribution in [3.8, 4) is 5.75 Å². The minimum absolute atomic E-state index is 0.0250. The van der Waals surface area contributed by atoms with Crippen LogP contribution in [0.4, 0.5) is 21.0 Å². The number of anilines is 1. The van der Waals surface area contributed by atoms with E-state index in [4.69, 9.17) is 18.9 Å². The molecule has 41 heavy (non-hydrogen) atoms. The Hall–Kier alpha value is -4.68. The summed E-state index contributed by atoms with van der Waals surface area (Å²) in [6, 6.07) is 10.3. The van der Waals surface area contributed by atoms with Gasteiger partial charge in [0.05, 0.1) is 4.92 Å². The molecule has 0 aliphatic carbocycles. The summed E-state index contributed by atoms with van der Waals surface area (Å²) in [7, 11) is 0. The third-order valence-corrected chi connectivity index (χ3v) is 4.89. The number of amides is 2. The number of carbonyl (C=O) groups is 4. The highest BCUT2D eigenvalue weighted by Gasteiger charge is 2.29. The van der Waals surface area contributed by atoms with Crippen molar-refractivity contribution in [1.82, 2.24) is 5.32 Å². The number of alkyl carbamates (subject to hydrolysis) is 1. The molecule has 0 fully saturated rings. The number of nitro benzene ring substituents is 1. The van der Waals surface area contributed by atoms with Gasteiger partial charge in [0.15, 0.2) is 0 Å². The Bertz CT molecular complexity index is 1230. The number of esters is 1. The topological polar surface area (TPSA) is 172 Å². The first-order valence-corrected chi connectivity index (χ1v) is 12.7. The predicted octanol–water partition coefficient (Wildman–Crippen LogP) is 5.26. The summed E-state index contributed by atoms with van der Waals surface area (Å²) in [5.74, 6) is -0.998. The van der Waals surface area contributed by atoms with E-state index in [0.717, 1.165) is 0 Å². The van der Waals surface area contributed by atoms with E-state index in [0.29, 0.717) is 11.3 Å². The lowest BCUT2D eigenvalue weighted by molar-refractivity contribution is -0.384. The fourth-order valence-electron chi connectivity index (χ4n) is 3.16. The molecule has 0 saturated heterocycles. The van der Waals surface area contributed by atoms with E-state index in [9.17, 15) is 29.3 Å². The molecular weight excluding hydrogens is 538 g/mol. The quantitative estimate of drug-likeness (QED) is 0.125. The van der Waals surface area contributed by atoms with Gasteiger partial charge in [0.2, 0.25) is 5.91 Å². The molecule has 0 radical (unpaired) electrons. The van der Waals surface area contributed by atoms with Crippen LogP contribution in [0.25, 0.3) is 0 Å². The maximum atomic E-state index is 12.6. The van der Waals surface area contributed by atoms with Gasteiger partial charge in [-0.15, -0.1) is 0 Å². The van der Waals surface area contributed by atoms with Crippen LogP contribution in [0.3, 0.4) is 0 Å². The van der Waals surface area contributed by atoms with E-state index in [2.05, 4.69) is 10.6 Å². The molecule has 13 heteroatoms. The third-order valence-electron chi connectivity index (χ3n) is 4.89. The first kappa shape index (κ1) is 32.5. The van der Waals surface area contributed by atoms with Gasteiger partial charge in [-0.3, -0.25) is 14.9 Å². The fourth-order valence-corrected chi connectivity index (χ4v) is 3.16. The largest absolute Gasteiger partial charge is 0.514 e. The first-order chi connectivity index (χ1) is 19.0. The number of benzene rings is 2. The smallest absolute Gasteiger partial charge is 0.458 e. The molecule has 13 nitrogen and oxygen atoms in total. The SMILES string of the molecule is CC(C)(C)OC(=O)NC(CCC(=O)Nc1ccc(COC(=O)Oc2ccc([N+](=O)[O-])cc2)cc1)C(=O)OC(C)(C)C. The Morgan fingerprint density at radius 2 is 1.46 bits per heavy atom. The van der Waals surface area contributed by atoms with Gasteiger partial charge in [0, 0.05) is 24.2 Å². The van der Waals surface area contributed by atoms with Gasteiger partial charge in [-0.2, -0.15) is 0 Å². The van der Waals surface area contributed by atoms with Crippen LogP contribution in [-0.2, 0) is 30.4 Å². The fraction of sp³-hybridized carbons (Fsp3) is 0.429. The highest BCUT2D eigenvalue weighted by atomic mass is 16.7. The molecule has 1 atom stereocenters. The van der Waals surface area contributed by atoms with Crippen molar-refractivity contribution in [2.75, 3.05) is 5.32 Å². The average molecular weight is 574 g/mol. The van der Waals surface area contributed by atoms with E-state index < -0.39 is 46.3 Å². The Balaban J connectivity index is 1.86. The van der Waals surface area contributed by atoms with Crippen LogP contribution in [0.1, 0.15) is 59.9 Å². The number of carbonyl (C=O) groups excluding carboxylic acids is 4. The van der Waals surface area contributed by atoms with Crippen molar-refractivity contribution in [3.63, 3.8) is 0 Å². The number of non-ortho nitro benzene ring substituents is 1. The van der Waals surface area contributed by atoms with Crippen LogP contribution in [0.2, 0.25) is 0 Å². The summed E-state index contributed by atoms with van der Waals surface area (Å²) in [4.78, 5) is 59.4. The minimum Gasteiger partial charge on any atom is -0.458 e. The van der Waals surface area contributed by atoms with Crippen molar-refractivity contribution in [2.45, 2.75) is 78.2 Å². The Kier molecular flexibility index (Phi) is 11.2. The molecule has 222 valence electrons. The second-order valence-electron chi connectivity index (χ2n) is 10.9. The summed E-state index contributed by atoms with van der Waals surface area (Å²) in [6.45, 7) is 10.0. The molecule has 0 aliphatic heterocycles. The predicted molar refractivity (Wildman–Crippen MR) is 147 cm³/mol. The maximum absolute atomic E-state index is 12.6. The van der Waals surface area contributed by atoms with Gasteiger partial charge < -0.3 is 29.6 Å². The summed E-state index contributed by atoms with van der Waals surface area (Å²) < 4.78 is 20.6. The monoisotopic (exact) mass is 573 g/mol. The van der Waals surface area contributed by atoms with E-state index in [1.807, 2.05) is 0 Å². The first-order valence-electron chi connectivity index (χ1n) is 12.7. The van der Waals surface area contributed by atoms with Gasteiger partial charge in [-0.1, -0.05) is 12.1 Å². The second kappa shape index (κ2) is 14.1. The molecule has 2 N–H and O–H groups in total. The molecule has 0 aliphatic rings. The van der Waals surface area contributed by atoms with Gasteiger partial charge in [0.1, 0.15) is 29.6 Å². The van der Waals surface area contributed by atoms with E-state index in [1.54, 1.807) is 65.8 Å².